The Labute approximate surface area is 145 Å². The molecule has 1 saturated heterocycles. The first-order valence-corrected chi connectivity index (χ1v) is 9.12. The molecule has 0 unspecified atom stereocenters. The van der Waals surface area contributed by atoms with E-state index in [0.29, 0.717) is 18.7 Å². The fourth-order valence-electron chi connectivity index (χ4n) is 3.20. The van der Waals surface area contributed by atoms with Gasteiger partial charge in [-0.2, -0.15) is 5.10 Å². The minimum Gasteiger partial charge on any atom is -0.337 e. The third kappa shape index (κ3) is 3.36. The van der Waals surface area contributed by atoms with Crippen molar-refractivity contribution in [1.82, 2.24) is 15.1 Å². The number of rotatable bonds is 5. The van der Waals surface area contributed by atoms with Crippen LogP contribution in [0.1, 0.15) is 42.8 Å². The normalized spacial score (nSPS) is 21.1. The second-order valence-corrected chi connectivity index (χ2v) is 7.11. The minimum atomic E-state index is -0.266. The van der Waals surface area contributed by atoms with Gasteiger partial charge in [-0.25, -0.2) is 0 Å². The molecule has 1 fully saturated rings. The van der Waals surface area contributed by atoms with Crippen molar-refractivity contribution in [1.29, 1.82) is 0 Å². The van der Waals surface area contributed by atoms with Gasteiger partial charge in [0.25, 0.3) is 0 Å². The van der Waals surface area contributed by atoms with Gasteiger partial charge in [0.05, 0.1) is 12.0 Å². The third-order valence-corrected chi connectivity index (χ3v) is 5.38. The van der Waals surface area contributed by atoms with E-state index in [2.05, 4.69) is 22.4 Å². The number of carbonyl (C=O) groups excluding carboxylic acids is 2. The molecule has 7 heteroatoms. The molecular weight excluding hydrogens is 324 g/mol. The maximum atomic E-state index is 12.8. The molecule has 24 heavy (non-hydrogen) atoms. The van der Waals surface area contributed by atoms with E-state index in [-0.39, 0.29) is 23.8 Å². The average Bonchev–Trinajstić information content (AvgIpc) is 3.22. The van der Waals surface area contributed by atoms with E-state index in [1.807, 2.05) is 23.6 Å². The van der Waals surface area contributed by atoms with Crippen LogP contribution in [0.2, 0.25) is 0 Å². The van der Waals surface area contributed by atoms with Crippen molar-refractivity contribution in [2.24, 2.45) is 5.92 Å². The second kappa shape index (κ2) is 7.17. The van der Waals surface area contributed by atoms with E-state index in [4.69, 9.17) is 0 Å². The zero-order valence-corrected chi connectivity index (χ0v) is 14.7. The summed E-state index contributed by atoms with van der Waals surface area (Å²) in [6.07, 6.45) is 2.88. The van der Waals surface area contributed by atoms with Crippen molar-refractivity contribution < 1.29 is 9.59 Å². The van der Waals surface area contributed by atoms with E-state index in [0.717, 1.165) is 23.4 Å². The summed E-state index contributed by atoms with van der Waals surface area (Å²) in [6.45, 7) is 2.10. The van der Waals surface area contributed by atoms with Crippen molar-refractivity contribution in [3.63, 3.8) is 0 Å². The van der Waals surface area contributed by atoms with Crippen LogP contribution in [0.4, 0.5) is 5.82 Å². The Morgan fingerprint density at radius 3 is 3.08 bits per heavy atom. The SMILES string of the molecule is CCCc1cc(NC(=O)[C@@H]2CCC(=O)N(C)[C@@H]2c2cccs2)n[nH]1. The Kier molecular flexibility index (Phi) is 4.99. The summed E-state index contributed by atoms with van der Waals surface area (Å²) in [5.74, 6) is 0.287. The van der Waals surface area contributed by atoms with Crippen molar-refractivity contribution >= 4 is 29.0 Å². The number of amides is 2. The molecule has 1 aliphatic rings. The standard InChI is InChI=1S/C17H22N4O2S/c1-3-5-11-10-14(20-19-11)18-17(23)12-7-8-15(22)21(2)16(12)13-6-4-9-24-13/h4,6,9-10,12,16H,3,5,7-8H2,1-2H3,(H2,18,19,20,23)/t12-,16+/m1/s1. The van der Waals surface area contributed by atoms with Gasteiger partial charge in [0.2, 0.25) is 11.8 Å². The highest BCUT2D eigenvalue weighted by molar-refractivity contribution is 7.10. The van der Waals surface area contributed by atoms with Crippen LogP contribution in [0.15, 0.2) is 23.6 Å². The van der Waals surface area contributed by atoms with Crippen LogP contribution in [0.3, 0.4) is 0 Å². The second-order valence-electron chi connectivity index (χ2n) is 6.13. The Balaban J connectivity index is 1.77. The summed E-state index contributed by atoms with van der Waals surface area (Å²) in [5, 5.41) is 12.0. The maximum absolute atomic E-state index is 12.8. The lowest BCUT2D eigenvalue weighted by atomic mass is 9.87. The molecule has 3 rings (SSSR count). The van der Waals surface area contributed by atoms with Crippen LogP contribution in [0.5, 0.6) is 0 Å². The number of nitrogens with zero attached hydrogens (tertiary/aromatic N) is 2. The highest BCUT2D eigenvalue weighted by atomic mass is 32.1. The molecule has 128 valence electrons. The largest absolute Gasteiger partial charge is 0.337 e. The first-order valence-electron chi connectivity index (χ1n) is 8.24. The molecular formula is C17H22N4O2S. The number of likely N-dealkylation sites (tertiary alicyclic amines) is 1. The number of aromatic amines is 1. The Hall–Kier alpha value is -2.15. The van der Waals surface area contributed by atoms with Crippen molar-refractivity contribution in [2.75, 3.05) is 12.4 Å². The van der Waals surface area contributed by atoms with E-state index < -0.39 is 0 Å². The number of thiophene rings is 1. The third-order valence-electron chi connectivity index (χ3n) is 4.43. The number of anilines is 1. The smallest absolute Gasteiger partial charge is 0.231 e. The Morgan fingerprint density at radius 2 is 2.38 bits per heavy atom. The van der Waals surface area contributed by atoms with Crippen LogP contribution in [0, 0.1) is 5.92 Å². The number of carbonyl (C=O) groups is 2. The van der Waals surface area contributed by atoms with Crippen LogP contribution in [-0.2, 0) is 16.0 Å². The van der Waals surface area contributed by atoms with E-state index in [9.17, 15) is 9.59 Å². The van der Waals surface area contributed by atoms with Gasteiger partial charge < -0.3 is 10.2 Å². The van der Waals surface area contributed by atoms with Crippen molar-refractivity contribution in [2.45, 2.75) is 38.6 Å². The number of piperidine rings is 1. The fourth-order valence-corrected chi connectivity index (χ4v) is 4.14. The lowest BCUT2D eigenvalue weighted by Gasteiger charge is -2.37. The molecule has 2 aromatic heterocycles. The Bertz CT molecular complexity index is 710. The lowest BCUT2D eigenvalue weighted by Crippen LogP contribution is -2.44. The number of aromatic nitrogens is 2. The van der Waals surface area contributed by atoms with E-state index in [1.165, 1.54) is 0 Å². The predicted octanol–water partition coefficient (Wildman–Crippen LogP) is 2.97. The van der Waals surface area contributed by atoms with Gasteiger partial charge in [-0.1, -0.05) is 19.4 Å². The number of hydrogen-bond acceptors (Lipinski definition) is 4. The first kappa shape index (κ1) is 16.7. The Morgan fingerprint density at radius 1 is 1.54 bits per heavy atom. The summed E-state index contributed by atoms with van der Waals surface area (Å²) in [7, 11) is 1.78. The molecule has 2 N–H and O–H groups in total. The maximum Gasteiger partial charge on any atom is 0.231 e. The molecule has 0 bridgehead atoms. The van der Waals surface area contributed by atoms with E-state index >= 15 is 0 Å². The quantitative estimate of drug-likeness (QED) is 0.874. The van der Waals surface area contributed by atoms with Gasteiger partial charge in [0.1, 0.15) is 0 Å². The molecule has 2 amide bonds. The van der Waals surface area contributed by atoms with Gasteiger partial charge in [0.15, 0.2) is 5.82 Å². The van der Waals surface area contributed by atoms with Crippen molar-refractivity contribution in [3.8, 4) is 0 Å². The number of hydrogen-bond donors (Lipinski definition) is 2. The molecule has 0 radical (unpaired) electrons. The summed E-state index contributed by atoms with van der Waals surface area (Å²) < 4.78 is 0. The van der Waals surface area contributed by atoms with Gasteiger partial charge >= 0.3 is 0 Å². The van der Waals surface area contributed by atoms with Gasteiger partial charge in [0, 0.05) is 30.1 Å². The topological polar surface area (TPSA) is 78.1 Å². The molecule has 2 aromatic rings. The van der Waals surface area contributed by atoms with Crippen LogP contribution in [0.25, 0.3) is 0 Å². The fraction of sp³-hybridized carbons (Fsp3) is 0.471. The lowest BCUT2D eigenvalue weighted by molar-refractivity contribution is -0.140. The van der Waals surface area contributed by atoms with Crippen LogP contribution in [-0.4, -0.2) is 34.0 Å². The van der Waals surface area contributed by atoms with Gasteiger partial charge in [-0.15, -0.1) is 11.3 Å². The minimum absolute atomic E-state index is 0.0812. The monoisotopic (exact) mass is 346 g/mol. The highest BCUT2D eigenvalue weighted by Crippen LogP contribution is 2.38. The molecule has 0 saturated carbocycles. The molecule has 1 aliphatic heterocycles. The van der Waals surface area contributed by atoms with Crippen molar-refractivity contribution in [3.05, 3.63) is 34.2 Å². The van der Waals surface area contributed by atoms with Gasteiger partial charge in [-0.3, -0.25) is 14.7 Å². The van der Waals surface area contributed by atoms with E-state index in [1.54, 1.807) is 23.3 Å². The number of H-pyrrole nitrogens is 1. The van der Waals surface area contributed by atoms with Gasteiger partial charge in [-0.05, 0) is 24.3 Å². The number of aryl methyl sites for hydroxylation is 1. The molecule has 0 aliphatic carbocycles. The molecule has 6 nitrogen and oxygen atoms in total. The predicted molar refractivity (Wildman–Crippen MR) is 93.8 cm³/mol. The molecule has 0 spiro atoms. The molecule has 0 aromatic carbocycles. The summed E-state index contributed by atoms with van der Waals surface area (Å²) in [5.41, 5.74) is 1.01. The highest BCUT2D eigenvalue weighted by Gasteiger charge is 2.39. The molecule has 3 heterocycles. The summed E-state index contributed by atoms with van der Waals surface area (Å²) in [4.78, 5) is 27.6. The van der Waals surface area contributed by atoms with Crippen LogP contribution < -0.4 is 5.32 Å². The van der Waals surface area contributed by atoms with Crippen LogP contribution >= 0.6 is 11.3 Å². The summed E-state index contributed by atoms with van der Waals surface area (Å²) in [6, 6.07) is 5.60. The number of nitrogens with one attached hydrogen (secondary N) is 2. The summed E-state index contributed by atoms with van der Waals surface area (Å²) >= 11 is 1.58. The first-order chi connectivity index (χ1) is 11.6. The molecule has 2 atom stereocenters. The zero-order chi connectivity index (χ0) is 17.1. The zero-order valence-electron chi connectivity index (χ0n) is 13.9. The average molecular weight is 346 g/mol.